The van der Waals surface area contributed by atoms with Gasteiger partial charge in [0.15, 0.2) is 5.82 Å². The van der Waals surface area contributed by atoms with Crippen LogP contribution < -0.4 is 15.0 Å². The fourth-order valence-electron chi connectivity index (χ4n) is 3.64. The first-order valence-corrected chi connectivity index (χ1v) is 10.3. The molecule has 156 valence electrons. The van der Waals surface area contributed by atoms with Crippen LogP contribution in [0.15, 0.2) is 48.5 Å². The molecule has 0 radical (unpaired) electrons. The maximum absolute atomic E-state index is 13.4. The number of para-hydroxylation sites is 2. The molecule has 7 heteroatoms. The lowest BCUT2D eigenvalue weighted by molar-refractivity contribution is -0.120. The molecule has 1 aliphatic rings. The van der Waals surface area contributed by atoms with Crippen LogP contribution in [0.4, 0.5) is 15.9 Å². The van der Waals surface area contributed by atoms with Gasteiger partial charge in [-0.05, 0) is 49.6 Å². The van der Waals surface area contributed by atoms with Gasteiger partial charge in [-0.3, -0.25) is 4.79 Å². The summed E-state index contributed by atoms with van der Waals surface area (Å²) in [6, 6.07) is 13.7. The van der Waals surface area contributed by atoms with Crippen LogP contribution in [0.3, 0.4) is 0 Å². The molecule has 0 unspecified atom stereocenters. The number of rotatable bonds is 6. The molecule has 2 heterocycles. The van der Waals surface area contributed by atoms with E-state index in [1.54, 1.807) is 12.1 Å². The van der Waals surface area contributed by atoms with E-state index in [1.807, 2.05) is 24.3 Å². The number of carbonyl (C=O) groups is 1. The highest BCUT2D eigenvalue weighted by molar-refractivity contribution is 5.92. The Labute approximate surface area is 175 Å². The van der Waals surface area contributed by atoms with Gasteiger partial charge in [-0.1, -0.05) is 25.1 Å². The van der Waals surface area contributed by atoms with Gasteiger partial charge in [0.1, 0.15) is 5.82 Å². The Hall–Kier alpha value is -3.22. The molecule has 0 bridgehead atoms. The van der Waals surface area contributed by atoms with E-state index in [4.69, 9.17) is 9.72 Å². The molecule has 1 N–H and O–H groups in total. The summed E-state index contributed by atoms with van der Waals surface area (Å²) in [6.45, 7) is 3.98. The standard InChI is InChI=1S/C23H25FN4O2/c1-2-14-30-23-21(26-19-8-3-4-9-20(19)27-23)28-12-10-16(11-13-28)22(29)25-18-7-5-6-17(24)15-18/h3-9,15-16H,2,10-14H2,1H3,(H,25,29). The maximum atomic E-state index is 13.4. The molecule has 0 spiro atoms. The number of anilines is 2. The van der Waals surface area contributed by atoms with Crippen molar-refractivity contribution in [1.82, 2.24) is 9.97 Å². The van der Waals surface area contributed by atoms with E-state index < -0.39 is 0 Å². The Balaban J connectivity index is 1.46. The van der Waals surface area contributed by atoms with Crippen molar-refractivity contribution >= 4 is 28.4 Å². The van der Waals surface area contributed by atoms with Crippen molar-refractivity contribution in [3.63, 3.8) is 0 Å². The summed E-state index contributed by atoms with van der Waals surface area (Å²) in [7, 11) is 0. The lowest BCUT2D eigenvalue weighted by Crippen LogP contribution is -2.39. The average molecular weight is 408 g/mol. The molecule has 0 saturated carbocycles. The number of hydrogen-bond donors (Lipinski definition) is 1. The minimum Gasteiger partial charge on any atom is -0.475 e. The van der Waals surface area contributed by atoms with E-state index >= 15 is 0 Å². The summed E-state index contributed by atoms with van der Waals surface area (Å²) in [6.07, 6.45) is 2.25. The molecule has 1 fully saturated rings. The van der Waals surface area contributed by atoms with Crippen LogP contribution in [0.25, 0.3) is 11.0 Å². The molecule has 1 saturated heterocycles. The highest BCUT2D eigenvalue weighted by atomic mass is 19.1. The summed E-state index contributed by atoms with van der Waals surface area (Å²) >= 11 is 0. The van der Waals surface area contributed by atoms with Gasteiger partial charge in [0, 0.05) is 24.7 Å². The fourth-order valence-corrected chi connectivity index (χ4v) is 3.64. The molecule has 6 nitrogen and oxygen atoms in total. The molecule has 3 aromatic rings. The second-order valence-corrected chi connectivity index (χ2v) is 7.45. The van der Waals surface area contributed by atoms with E-state index in [1.165, 1.54) is 12.1 Å². The Kier molecular flexibility index (Phi) is 6.07. The SMILES string of the molecule is CCCOc1nc2ccccc2nc1N1CCC(C(=O)Nc2cccc(F)c2)CC1. The molecule has 4 rings (SSSR count). The van der Waals surface area contributed by atoms with E-state index in [2.05, 4.69) is 22.1 Å². The third-order valence-corrected chi connectivity index (χ3v) is 5.22. The molecule has 2 aromatic carbocycles. The summed E-state index contributed by atoms with van der Waals surface area (Å²) in [5.41, 5.74) is 2.11. The zero-order valence-corrected chi connectivity index (χ0v) is 17.0. The normalized spacial score (nSPS) is 14.7. The third kappa shape index (κ3) is 4.50. The summed E-state index contributed by atoms with van der Waals surface area (Å²) in [5, 5.41) is 2.82. The molecule has 1 aliphatic heterocycles. The van der Waals surface area contributed by atoms with Crippen LogP contribution in [0, 0.1) is 11.7 Å². The summed E-state index contributed by atoms with van der Waals surface area (Å²) in [5.74, 6) is 0.701. The Morgan fingerprint density at radius 2 is 1.87 bits per heavy atom. The van der Waals surface area contributed by atoms with Crippen LogP contribution in [0.2, 0.25) is 0 Å². The zero-order chi connectivity index (χ0) is 20.9. The van der Waals surface area contributed by atoms with Crippen LogP contribution in [-0.4, -0.2) is 35.6 Å². The number of amides is 1. The lowest BCUT2D eigenvalue weighted by Gasteiger charge is -2.32. The molecule has 30 heavy (non-hydrogen) atoms. The van der Waals surface area contributed by atoms with Gasteiger partial charge in [0.2, 0.25) is 5.91 Å². The molecule has 0 aliphatic carbocycles. The number of halogens is 1. The topological polar surface area (TPSA) is 67.4 Å². The van der Waals surface area contributed by atoms with Crippen molar-refractivity contribution < 1.29 is 13.9 Å². The number of nitrogens with zero attached hydrogens (tertiary/aromatic N) is 3. The number of ether oxygens (including phenoxy) is 1. The maximum Gasteiger partial charge on any atom is 0.258 e. The van der Waals surface area contributed by atoms with Crippen molar-refractivity contribution in [2.45, 2.75) is 26.2 Å². The monoisotopic (exact) mass is 408 g/mol. The minimum absolute atomic E-state index is 0.0766. The second kappa shape index (κ2) is 9.07. The average Bonchev–Trinajstić information content (AvgIpc) is 2.77. The van der Waals surface area contributed by atoms with Crippen molar-refractivity contribution in [3.8, 4) is 5.88 Å². The number of hydrogen-bond acceptors (Lipinski definition) is 5. The summed E-state index contributed by atoms with van der Waals surface area (Å²) in [4.78, 5) is 24.2. The first-order chi connectivity index (χ1) is 14.6. The van der Waals surface area contributed by atoms with Gasteiger partial charge in [-0.2, -0.15) is 0 Å². The largest absolute Gasteiger partial charge is 0.475 e. The molecule has 1 amide bonds. The number of aromatic nitrogens is 2. The van der Waals surface area contributed by atoms with Crippen molar-refractivity contribution in [1.29, 1.82) is 0 Å². The number of benzene rings is 2. The molecule has 0 atom stereocenters. The number of carbonyl (C=O) groups excluding carboxylic acids is 1. The van der Waals surface area contributed by atoms with Crippen LogP contribution in [-0.2, 0) is 4.79 Å². The zero-order valence-electron chi connectivity index (χ0n) is 17.0. The van der Waals surface area contributed by atoms with E-state index in [0.29, 0.717) is 44.1 Å². The van der Waals surface area contributed by atoms with Crippen LogP contribution >= 0.6 is 0 Å². The van der Waals surface area contributed by atoms with Gasteiger partial charge in [-0.25, -0.2) is 14.4 Å². The molecule has 1 aromatic heterocycles. The number of nitrogens with one attached hydrogen (secondary N) is 1. The van der Waals surface area contributed by atoms with Crippen molar-refractivity contribution in [2.24, 2.45) is 5.92 Å². The number of piperidine rings is 1. The third-order valence-electron chi connectivity index (χ3n) is 5.22. The van der Waals surface area contributed by atoms with Gasteiger partial charge >= 0.3 is 0 Å². The van der Waals surface area contributed by atoms with E-state index in [9.17, 15) is 9.18 Å². The van der Waals surface area contributed by atoms with E-state index in [0.717, 1.165) is 23.3 Å². The smallest absolute Gasteiger partial charge is 0.258 e. The predicted molar refractivity (Wildman–Crippen MR) is 115 cm³/mol. The quantitative estimate of drug-likeness (QED) is 0.654. The van der Waals surface area contributed by atoms with Gasteiger partial charge in [0.05, 0.1) is 17.6 Å². The minimum atomic E-state index is -0.364. The van der Waals surface area contributed by atoms with Gasteiger partial charge in [0.25, 0.3) is 5.88 Å². The van der Waals surface area contributed by atoms with Crippen LogP contribution in [0.5, 0.6) is 5.88 Å². The first kappa shape index (κ1) is 20.1. The molecular weight excluding hydrogens is 383 g/mol. The second-order valence-electron chi connectivity index (χ2n) is 7.45. The fraction of sp³-hybridized carbons (Fsp3) is 0.348. The van der Waals surface area contributed by atoms with Gasteiger partial charge < -0.3 is 15.0 Å². The first-order valence-electron chi connectivity index (χ1n) is 10.3. The lowest BCUT2D eigenvalue weighted by atomic mass is 9.96. The molecular formula is C23H25FN4O2. The number of fused-ring (bicyclic) bond motifs is 1. The highest BCUT2D eigenvalue weighted by Gasteiger charge is 2.28. The predicted octanol–water partition coefficient (Wildman–Crippen LogP) is 4.41. The van der Waals surface area contributed by atoms with Crippen molar-refractivity contribution in [3.05, 3.63) is 54.3 Å². The summed E-state index contributed by atoms with van der Waals surface area (Å²) < 4.78 is 19.2. The highest BCUT2D eigenvalue weighted by Crippen LogP contribution is 2.31. The van der Waals surface area contributed by atoms with Gasteiger partial charge in [-0.15, -0.1) is 0 Å². The van der Waals surface area contributed by atoms with Crippen molar-refractivity contribution in [2.75, 3.05) is 29.9 Å². The van der Waals surface area contributed by atoms with Crippen LogP contribution in [0.1, 0.15) is 26.2 Å². The Morgan fingerprint density at radius 3 is 2.57 bits per heavy atom. The Bertz CT molecular complexity index is 1030. The van der Waals surface area contributed by atoms with E-state index in [-0.39, 0.29) is 17.6 Å². The Morgan fingerprint density at radius 1 is 1.13 bits per heavy atom.